The Labute approximate surface area is 51.3 Å². The Kier molecular flexibility index (Phi) is 1.43. The summed E-state index contributed by atoms with van der Waals surface area (Å²) < 4.78 is 1.74. The Balaban J connectivity index is 3.31. The highest BCUT2D eigenvalue weighted by Gasteiger charge is 1.82. The SMILES string of the molecule is CN=c1scnn1C. The fourth-order valence-corrected chi connectivity index (χ4v) is 1.05. The van der Waals surface area contributed by atoms with Crippen LogP contribution < -0.4 is 4.80 Å². The van der Waals surface area contributed by atoms with E-state index in [1.807, 2.05) is 7.05 Å². The van der Waals surface area contributed by atoms with Crippen LogP contribution in [-0.4, -0.2) is 16.8 Å². The maximum Gasteiger partial charge on any atom is 0.202 e. The first-order chi connectivity index (χ1) is 3.84. The van der Waals surface area contributed by atoms with Gasteiger partial charge in [-0.15, -0.1) is 0 Å². The van der Waals surface area contributed by atoms with E-state index in [-0.39, 0.29) is 0 Å². The van der Waals surface area contributed by atoms with Gasteiger partial charge in [-0.3, -0.25) is 4.99 Å². The molecule has 8 heavy (non-hydrogen) atoms. The summed E-state index contributed by atoms with van der Waals surface area (Å²) in [5.41, 5.74) is 1.77. The van der Waals surface area contributed by atoms with Crippen LogP contribution in [0.3, 0.4) is 0 Å². The number of aromatic nitrogens is 2. The third-order valence-corrected chi connectivity index (χ3v) is 1.70. The molecule has 0 saturated heterocycles. The van der Waals surface area contributed by atoms with E-state index in [0.29, 0.717) is 0 Å². The Bertz CT molecular complexity index is 221. The smallest absolute Gasteiger partial charge is 0.202 e. The largest absolute Gasteiger partial charge is 0.261 e. The molecule has 0 fully saturated rings. The van der Waals surface area contributed by atoms with Crippen LogP contribution in [0.25, 0.3) is 0 Å². The van der Waals surface area contributed by atoms with E-state index in [0.717, 1.165) is 4.80 Å². The quantitative estimate of drug-likeness (QED) is 0.485. The molecule has 0 aromatic carbocycles. The van der Waals surface area contributed by atoms with Gasteiger partial charge in [-0.1, -0.05) is 11.3 Å². The Morgan fingerprint density at radius 3 is 2.88 bits per heavy atom. The molecule has 44 valence electrons. The lowest BCUT2D eigenvalue weighted by Crippen LogP contribution is -2.10. The number of aryl methyl sites for hydroxylation is 1. The van der Waals surface area contributed by atoms with Crippen LogP contribution in [0, 0.1) is 0 Å². The molecule has 0 aliphatic rings. The number of rotatable bonds is 0. The third-order valence-electron chi connectivity index (χ3n) is 0.847. The first kappa shape index (κ1) is 5.50. The van der Waals surface area contributed by atoms with Crippen molar-refractivity contribution < 1.29 is 0 Å². The molecule has 0 aliphatic heterocycles. The third kappa shape index (κ3) is 0.790. The molecule has 0 bridgehead atoms. The van der Waals surface area contributed by atoms with E-state index in [2.05, 4.69) is 10.1 Å². The van der Waals surface area contributed by atoms with Gasteiger partial charge in [-0.2, -0.15) is 5.10 Å². The average molecular weight is 129 g/mol. The molecule has 0 amide bonds. The Hall–Kier alpha value is -0.640. The van der Waals surface area contributed by atoms with Crippen LogP contribution in [0.15, 0.2) is 10.5 Å². The number of hydrogen-bond acceptors (Lipinski definition) is 3. The van der Waals surface area contributed by atoms with Crippen LogP contribution in [0.1, 0.15) is 0 Å². The van der Waals surface area contributed by atoms with Crippen molar-refractivity contribution in [2.75, 3.05) is 7.05 Å². The lowest BCUT2D eigenvalue weighted by molar-refractivity contribution is 0.726. The summed E-state index contributed by atoms with van der Waals surface area (Å²) in [6, 6.07) is 0. The first-order valence-electron chi connectivity index (χ1n) is 2.24. The zero-order valence-corrected chi connectivity index (χ0v) is 5.64. The Morgan fingerprint density at radius 1 is 1.88 bits per heavy atom. The summed E-state index contributed by atoms with van der Waals surface area (Å²) in [5.74, 6) is 0. The Morgan fingerprint density at radius 2 is 2.62 bits per heavy atom. The summed E-state index contributed by atoms with van der Waals surface area (Å²) >= 11 is 1.53. The average Bonchev–Trinajstić information content (AvgIpc) is 2.14. The standard InChI is InChI=1S/C4H7N3S/c1-5-4-7(2)6-3-8-4/h3H,1-2H3. The highest BCUT2D eigenvalue weighted by atomic mass is 32.1. The van der Waals surface area contributed by atoms with E-state index in [1.54, 1.807) is 17.2 Å². The molecular weight excluding hydrogens is 122 g/mol. The minimum Gasteiger partial charge on any atom is -0.261 e. The maximum absolute atomic E-state index is 3.95. The molecule has 0 spiro atoms. The number of nitrogens with zero attached hydrogens (tertiary/aromatic N) is 3. The van der Waals surface area contributed by atoms with Gasteiger partial charge in [0.25, 0.3) is 0 Å². The van der Waals surface area contributed by atoms with Gasteiger partial charge >= 0.3 is 0 Å². The van der Waals surface area contributed by atoms with Crippen molar-refractivity contribution in [3.05, 3.63) is 10.3 Å². The van der Waals surface area contributed by atoms with Gasteiger partial charge in [0.2, 0.25) is 4.80 Å². The maximum atomic E-state index is 3.95. The van der Waals surface area contributed by atoms with Gasteiger partial charge in [0, 0.05) is 14.1 Å². The van der Waals surface area contributed by atoms with Gasteiger partial charge in [-0.25, -0.2) is 4.68 Å². The molecule has 4 heteroatoms. The van der Waals surface area contributed by atoms with Crippen molar-refractivity contribution in [3.63, 3.8) is 0 Å². The zero-order chi connectivity index (χ0) is 5.98. The van der Waals surface area contributed by atoms with Crippen molar-refractivity contribution in [2.45, 2.75) is 0 Å². The van der Waals surface area contributed by atoms with E-state index in [4.69, 9.17) is 0 Å². The van der Waals surface area contributed by atoms with Gasteiger partial charge in [0.15, 0.2) is 0 Å². The second kappa shape index (κ2) is 2.09. The second-order valence-electron chi connectivity index (χ2n) is 1.37. The molecule has 0 N–H and O–H groups in total. The second-order valence-corrected chi connectivity index (χ2v) is 2.18. The van der Waals surface area contributed by atoms with Gasteiger partial charge in [0.1, 0.15) is 5.51 Å². The van der Waals surface area contributed by atoms with Crippen LogP contribution in [0.2, 0.25) is 0 Å². The van der Waals surface area contributed by atoms with Crippen LogP contribution in [-0.2, 0) is 7.05 Å². The van der Waals surface area contributed by atoms with E-state index in [1.165, 1.54) is 11.3 Å². The van der Waals surface area contributed by atoms with Crippen molar-refractivity contribution in [1.82, 2.24) is 9.78 Å². The minimum absolute atomic E-state index is 0.949. The van der Waals surface area contributed by atoms with Gasteiger partial charge in [0.05, 0.1) is 0 Å². The molecular formula is C4H7N3S. The summed E-state index contributed by atoms with van der Waals surface area (Å²) in [6.07, 6.45) is 0. The predicted molar refractivity (Wildman–Crippen MR) is 32.6 cm³/mol. The molecule has 1 rings (SSSR count). The molecule has 3 nitrogen and oxygen atoms in total. The fraction of sp³-hybridized carbons (Fsp3) is 0.500. The zero-order valence-electron chi connectivity index (χ0n) is 4.83. The topological polar surface area (TPSA) is 30.2 Å². The van der Waals surface area contributed by atoms with Crippen LogP contribution in [0.4, 0.5) is 0 Å². The highest BCUT2D eigenvalue weighted by molar-refractivity contribution is 7.06. The van der Waals surface area contributed by atoms with E-state index in [9.17, 15) is 0 Å². The molecule has 1 heterocycles. The lowest BCUT2D eigenvalue weighted by Gasteiger charge is -1.80. The molecule has 0 atom stereocenters. The summed E-state index contributed by atoms with van der Waals surface area (Å²) in [4.78, 5) is 4.90. The molecule has 1 aromatic heterocycles. The predicted octanol–water partition coefficient (Wildman–Crippen LogP) is 0.0121. The van der Waals surface area contributed by atoms with E-state index >= 15 is 0 Å². The van der Waals surface area contributed by atoms with Crippen LogP contribution in [0.5, 0.6) is 0 Å². The monoisotopic (exact) mass is 129 g/mol. The lowest BCUT2D eigenvalue weighted by atomic mass is 11.2. The first-order valence-corrected chi connectivity index (χ1v) is 3.12. The van der Waals surface area contributed by atoms with Crippen molar-refractivity contribution in [3.8, 4) is 0 Å². The molecule has 0 unspecified atom stereocenters. The van der Waals surface area contributed by atoms with Crippen molar-refractivity contribution >= 4 is 11.3 Å². The molecule has 0 aliphatic carbocycles. The van der Waals surface area contributed by atoms with Gasteiger partial charge < -0.3 is 0 Å². The van der Waals surface area contributed by atoms with Crippen LogP contribution >= 0.6 is 11.3 Å². The summed E-state index contributed by atoms with van der Waals surface area (Å²) in [5, 5.41) is 3.93. The molecule has 1 aromatic rings. The minimum atomic E-state index is 0.949. The van der Waals surface area contributed by atoms with E-state index < -0.39 is 0 Å². The number of hydrogen-bond donors (Lipinski definition) is 0. The van der Waals surface area contributed by atoms with Crippen molar-refractivity contribution in [1.29, 1.82) is 0 Å². The normalized spacial score (nSPS) is 12.5. The van der Waals surface area contributed by atoms with Crippen molar-refractivity contribution in [2.24, 2.45) is 12.0 Å². The molecule has 0 saturated carbocycles. The van der Waals surface area contributed by atoms with Gasteiger partial charge in [-0.05, 0) is 0 Å². The summed E-state index contributed by atoms with van der Waals surface area (Å²) in [7, 11) is 3.63. The molecule has 0 radical (unpaired) electrons. The highest BCUT2D eigenvalue weighted by Crippen LogP contribution is 1.77. The summed E-state index contributed by atoms with van der Waals surface area (Å²) in [6.45, 7) is 0. The fourth-order valence-electron chi connectivity index (χ4n) is 0.465.